The molecule has 2 aromatic carbocycles. The first kappa shape index (κ1) is 19.7. The molecule has 10 nitrogen and oxygen atoms in total. The molecule has 3 rings (SSSR count). The van der Waals surface area contributed by atoms with E-state index >= 15 is 0 Å². The van der Waals surface area contributed by atoms with E-state index in [-0.39, 0.29) is 27.6 Å². The fraction of sp³-hybridized carbons (Fsp3) is 0. The van der Waals surface area contributed by atoms with Crippen LogP contribution in [0.3, 0.4) is 0 Å². The lowest BCUT2D eigenvalue weighted by atomic mass is 10.1. The highest BCUT2D eigenvalue weighted by Gasteiger charge is 2.17. The van der Waals surface area contributed by atoms with Crippen LogP contribution in [-0.4, -0.2) is 40.9 Å². The van der Waals surface area contributed by atoms with Gasteiger partial charge in [0.15, 0.2) is 0 Å². The van der Waals surface area contributed by atoms with Crippen molar-refractivity contribution in [2.45, 2.75) is 9.79 Å². The number of hydrogen-bond donors (Lipinski definition) is 3. The zero-order valence-electron chi connectivity index (χ0n) is 12.8. The minimum atomic E-state index is -4.63. The smallest absolute Gasteiger partial charge is 0.294 e. The summed E-state index contributed by atoms with van der Waals surface area (Å²) < 4.78 is 64.3. The molecule has 0 amide bonds. The minimum absolute atomic E-state index is 0.0917. The van der Waals surface area contributed by atoms with Gasteiger partial charge in [0.1, 0.15) is 0 Å². The van der Waals surface area contributed by atoms with Crippen LogP contribution in [0, 0.1) is 0 Å². The maximum absolute atomic E-state index is 11.5. The molecule has 0 aliphatic rings. The van der Waals surface area contributed by atoms with Gasteiger partial charge >= 0.3 is 0 Å². The van der Waals surface area contributed by atoms with E-state index in [9.17, 15) is 25.9 Å². The number of rotatable bonds is 4. The van der Waals surface area contributed by atoms with Crippen LogP contribution in [0.2, 0.25) is 10.6 Å². The molecular weight excluding hydrogens is 443 g/mol. The molecule has 0 fully saturated rings. The Kier molecular flexibility index (Phi) is 4.96. The lowest BCUT2D eigenvalue weighted by Crippen LogP contribution is -2.04. The van der Waals surface area contributed by atoms with E-state index in [1.807, 2.05) is 0 Å². The average molecular weight is 451 g/mol. The quantitative estimate of drug-likeness (QED) is 0.503. The maximum Gasteiger partial charge on any atom is 0.294 e. The minimum Gasteiger partial charge on any atom is -0.323 e. The summed E-state index contributed by atoms with van der Waals surface area (Å²) in [6.07, 6.45) is 0. The Hall–Kier alpha value is -2.09. The van der Waals surface area contributed by atoms with E-state index in [4.69, 9.17) is 23.2 Å². The summed E-state index contributed by atoms with van der Waals surface area (Å²) in [6.45, 7) is 0. The molecule has 1 heterocycles. The first-order chi connectivity index (χ1) is 12.4. The van der Waals surface area contributed by atoms with E-state index in [0.717, 1.165) is 24.3 Å². The molecule has 0 radical (unpaired) electrons. The third kappa shape index (κ3) is 4.43. The summed E-state index contributed by atoms with van der Waals surface area (Å²) in [5.41, 5.74) is 0.0975. The number of nitrogens with zero attached hydrogens (tertiary/aromatic N) is 3. The Morgan fingerprint density at radius 2 is 1.37 bits per heavy atom. The van der Waals surface area contributed by atoms with Crippen molar-refractivity contribution in [2.75, 3.05) is 5.32 Å². The van der Waals surface area contributed by atoms with Crippen LogP contribution in [0.15, 0.2) is 40.1 Å². The number of halogens is 2. The molecule has 0 aliphatic carbocycles. The average Bonchev–Trinajstić information content (AvgIpc) is 2.51. The van der Waals surface area contributed by atoms with Gasteiger partial charge < -0.3 is 5.32 Å². The number of anilines is 2. The van der Waals surface area contributed by atoms with Gasteiger partial charge in [-0.25, -0.2) is 0 Å². The van der Waals surface area contributed by atoms with Crippen molar-refractivity contribution in [3.63, 3.8) is 0 Å². The molecular formula is C13H8Cl2N4O6S2. The third-order valence-corrected chi connectivity index (χ3v) is 5.34. The van der Waals surface area contributed by atoms with Crippen LogP contribution in [0.25, 0.3) is 10.8 Å². The van der Waals surface area contributed by atoms with E-state index in [0.29, 0.717) is 5.39 Å². The number of nitrogens with one attached hydrogen (secondary N) is 1. The van der Waals surface area contributed by atoms with Crippen molar-refractivity contribution in [2.24, 2.45) is 0 Å². The Morgan fingerprint density at radius 1 is 0.815 bits per heavy atom. The summed E-state index contributed by atoms with van der Waals surface area (Å²) in [4.78, 5) is 10.2. The van der Waals surface area contributed by atoms with Crippen molar-refractivity contribution < 1.29 is 25.9 Å². The second-order valence-corrected chi connectivity index (χ2v) is 8.65. The van der Waals surface area contributed by atoms with E-state index in [1.54, 1.807) is 0 Å². The number of fused-ring (bicyclic) bond motifs is 1. The van der Waals surface area contributed by atoms with Crippen LogP contribution in [0.1, 0.15) is 0 Å². The molecule has 142 valence electrons. The molecule has 1 aromatic heterocycles. The van der Waals surface area contributed by atoms with Crippen LogP contribution in [0.5, 0.6) is 0 Å². The molecule has 0 unspecified atom stereocenters. The topological polar surface area (TPSA) is 159 Å². The number of aromatic nitrogens is 3. The van der Waals surface area contributed by atoms with Gasteiger partial charge in [-0.2, -0.15) is 31.8 Å². The van der Waals surface area contributed by atoms with Gasteiger partial charge in [-0.15, -0.1) is 0 Å². The lowest BCUT2D eigenvalue weighted by molar-refractivity contribution is 0.481. The van der Waals surface area contributed by atoms with Crippen molar-refractivity contribution >= 4 is 65.8 Å². The van der Waals surface area contributed by atoms with Gasteiger partial charge in [0, 0.05) is 5.39 Å². The molecule has 0 bridgehead atoms. The standard InChI is InChI=1S/C13H8Cl2N4O6S2/c14-11-17-12(15)19-13(18-11)16-10-5-8(27(23,24)25)4-6-3-7(26(20,21)22)1-2-9(6)10/h1-5H,(H,20,21,22)(H,23,24,25)(H,16,17,18,19). The van der Waals surface area contributed by atoms with E-state index in [2.05, 4.69) is 20.3 Å². The molecule has 3 N–H and O–H groups in total. The van der Waals surface area contributed by atoms with Crippen molar-refractivity contribution in [3.8, 4) is 0 Å². The monoisotopic (exact) mass is 450 g/mol. The van der Waals surface area contributed by atoms with Gasteiger partial charge in [-0.05, 0) is 52.9 Å². The number of hydrogen-bond acceptors (Lipinski definition) is 8. The van der Waals surface area contributed by atoms with Gasteiger partial charge in [-0.1, -0.05) is 6.07 Å². The van der Waals surface area contributed by atoms with Crippen LogP contribution in [-0.2, 0) is 20.2 Å². The fourth-order valence-corrected chi connectivity index (χ4v) is 3.66. The van der Waals surface area contributed by atoms with Crippen LogP contribution in [0.4, 0.5) is 11.6 Å². The molecule has 3 aromatic rings. The van der Waals surface area contributed by atoms with Crippen LogP contribution < -0.4 is 5.32 Å². The Bertz CT molecular complexity index is 1260. The van der Waals surface area contributed by atoms with Crippen molar-refractivity contribution in [1.29, 1.82) is 0 Å². The molecule has 0 aliphatic heterocycles. The first-order valence-corrected chi connectivity index (χ1v) is 10.4. The molecule has 0 saturated heterocycles. The van der Waals surface area contributed by atoms with Crippen LogP contribution >= 0.6 is 23.2 Å². The summed E-state index contributed by atoms with van der Waals surface area (Å²) >= 11 is 11.4. The molecule has 0 atom stereocenters. The maximum atomic E-state index is 11.5. The predicted octanol–water partition coefficient (Wildman–Crippen LogP) is 2.57. The van der Waals surface area contributed by atoms with E-state index in [1.165, 1.54) is 6.07 Å². The van der Waals surface area contributed by atoms with Gasteiger partial charge in [-0.3, -0.25) is 9.11 Å². The lowest BCUT2D eigenvalue weighted by Gasteiger charge is -2.11. The molecule has 0 spiro atoms. The zero-order valence-corrected chi connectivity index (χ0v) is 16.0. The van der Waals surface area contributed by atoms with Gasteiger partial charge in [0.05, 0.1) is 15.5 Å². The Morgan fingerprint density at radius 3 is 1.93 bits per heavy atom. The summed E-state index contributed by atoms with van der Waals surface area (Å²) in [5.74, 6) is -0.118. The zero-order chi connectivity index (χ0) is 20.0. The second kappa shape index (κ2) is 6.82. The molecule has 27 heavy (non-hydrogen) atoms. The van der Waals surface area contributed by atoms with Crippen molar-refractivity contribution in [1.82, 2.24) is 15.0 Å². The summed E-state index contributed by atoms with van der Waals surface area (Å²) in [6, 6.07) is 5.59. The van der Waals surface area contributed by atoms with Crippen molar-refractivity contribution in [3.05, 3.63) is 40.9 Å². The summed E-state index contributed by atoms with van der Waals surface area (Å²) in [7, 11) is -9.16. The Balaban J connectivity index is 2.26. The van der Waals surface area contributed by atoms with Gasteiger partial charge in [0.25, 0.3) is 20.2 Å². The Labute approximate surface area is 162 Å². The molecule has 14 heteroatoms. The normalized spacial score (nSPS) is 12.3. The summed E-state index contributed by atoms with van der Waals surface area (Å²) in [5, 5.41) is 2.67. The highest BCUT2D eigenvalue weighted by Crippen LogP contribution is 2.31. The largest absolute Gasteiger partial charge is 0.323 e. The first-order valence-electron chi connectivity index (χ1n) is 6.80. The highest BCUT2D eigenvalue weighted by molar-refractivity contribution is 7.86. The predicted molar refractivity (Wildman–Crippen MR) is 96.7 cm³/mol. The molecule has 0 saturated carbocycles. The SMILES string of the molecule is O=S(=O)(O)c1ccc2c(Nc3nc(Cl)nc(Cl)n3)cc(S(=O)(=O)O)cc2c1. The van der Waals surface area contributed by atoms with E-state index < -0.39 is 30.0 Å². The number of benzene rings is 2. The second-order valence-electron chi connectivity index (χ2n) is 5.13. The third-order valence-electron chi connectivity index (χ3n) is 3.32. The highest BCUT2D eigenvalue weighted by atomic mass is 35.5. The van der Waals surface area contributed by atoms with Gasteiger partial charge in [0.2, 0.25) is 16.5 Å². The fourth-order valence-electron chi connectivity index (χ4n) is 2.24.